The summed E-state index contributed by atoms with van der Waals surface area (Å²) in [5, 5.41) is 11.1. The van der Waals surface area contributed by atoms with Gasteiger partial charge in [0, 0.05) is 18.1 Å². The smallest absolute Gasteiger partial charge is 0.343 e. The number of esters is 1. The van der Waals surface area contributed by atoms with Crippen LogP contribution in [0.5, 0.6) is 17.2 Å². The molecule has 8 nitrogen and oxygen atoms in total. The third kappa shape index (κ3) is 2.55. The van der Waals surface area contributed by atoms with E-state index in [2.05, 4.69) is 0 Å². The maximum absolute atomic E-state index is 12.6. The summed E-state index contributed by atoms with van der Waals surface area (Å²) in [5.74, 6) is -1.12. The summed E-state index contributed by atoms with van der Waals surface area (Å²) in [6.45, 7) is 3.08. The Kier molecular flexibility index (Phi) is 3.87. The van der Waals surface area contributed by atoms with Crippen LogP contribution in [-0.4, -0.2) is 30.3 Å². The first-order valence-electron chi connectivity index (χ1n) is 8.58. The second-order valence-electron chi connectivity index (χ2n) is 6.94. The quantitative estimate of drug-likeness (QED) is 0.641. The van der Waals surface area contributed by atoms with Crippen molar-refractivity contribution >= 4 is 22.7 Å². The fraction of sp³-hybridized carbons (Fsp3) is 0.421. The summed E-state index contributed by atoms with van der Waals surface area (Å²) in [6, 6.07) is 1.57. The van der Waals surface area contributed by atoms with Crippen LogP contribution in [0.1, 0.15) is 49.7 Å². The SMILES string of the molecule is COc1cc2c(c3oc(=O)c(C(C)CC(C)=O)c(O)c13)C1CC(=O)OC1O2. The Balaban J connectivity index is 1.99. The lowest BCUT2D eigenvalue weighted by Crippen LogP contribution is -2.15. The monoisotopic (exact) mass is 374 g/mol. The molecular formula is C19H18O8. The van der Waals surface area contributed by atoms with Gasteiger partial charge in [-0.05, 0) is 12.8 Å². The van der Waals surface area contributed by atoms with Gasteiger partial charge in [0.15, 0.2) is 5.58 Å². The molecule has 0 saturated carbocycles. The predicted octanol–water partition coefficient (Wildman–Crippen LogP) is 2.34. The van der Waals surface area contributed by atoms with E-state index in [1.807, 2.05) is 0 Å². The van der Waals surface area contributed by atoms with Crippen molar-refractivity contribution in [1.29, 1.82) is 0 Å². The average molecular weight is 374 g/mol. The molecule has 1 aromatic heterocycles. The van der Waals surface area contributed by atoms with Crippen molar-refractivity contribution in [3.05, 3.63) is 27.6 Å². The summed E-state index contributed by atoms with van der Waals surface area (Å²) in [4.78, 5) is 35.7. The number of methoxy groups -OCH3 is 1. The molecule has 0 amide bonds. The topological polar surface area (TPSA) is 112 Å². The molecule has 142 valence electrons. The van der Waals surface area contributed by atoms with Crippen molar-refractivity contribution in [2.75, 3.05) is 7.11 Å². The number of hydrogen-bond donors (Lipinski definition) is 1. The molecule has 3 unspecified atom stereocenters. The Morgan fingerprint density at radius 2 is 2.11 bits per heavy atom. The molecule has 27 heavy (non-hydrogen) atoms. The van der Waals surface area contributed by atoms with Crippen molar-refractivity contribution < 1.29 is 33.3 Å². The van der Waals surface area contributed by atoms with Crippen molar-refractivity contribution in [3.63, 3.8) is 0 Å². The average Bonchev–Trinajstić information content (AvgIpc) is 3.08. The van der Waals surface area contributed by atoms with Crippen molar-refractivity contribution in [3.8, 4) is 17.2 Å². The minimum atomic E-state index is -0.786. The lowest BCUT2D eigenvalue weighted by molar-refractivity contribution is -0.150. The zero-order valence-corrected chi connectivity index (χ0v) is 15.0. The Morgan fingerprint density at radius 3 is 2.78 bits per heavy atom. The number of aromatic hydroxyl groups is 1. The van der Waals surface area contributed by atoms with Crippen LogP contribution < -0.4 is 15.1 Å². The first-order valence-corrected chi connectivity index (χ1v) is 8.58. The van der Waals surface area contributed by atoms with E-state index in [9.17, 15) is 19.5 Å². The van der Waals surface area contributed by atoms with E-state index in [0.29, 0.717) is 11.3 Å². The molecule has 1 aromatic carbocycles. The molecule has 8 heteroatoms. The van der Waals surface area contributed by atoms with Crippen LogP contribution in [-0.2, 0) is 14.3 Å². The molecule has 3 heterocycles. The van der Waals surface area contributed by atoms with Crippen LogP contribution in [0.15, 0.2) is 15.3 Å². The second kappa shape index (κ2) is 6.00. The molecule has 1 fully saturated rings. The van der Waals surface area contributed by atoms with Gasteiger partial charge in [0.25, 0.3) is 6.29 Å². The van der Waals surface area contributed by atoms with Gasteiger partial charge in [0.1, 0.15) is 28.4 Å². The number of carbonyl (C=O) groups excluding carboxylic acids is 2. The molecule has 0 aliphatic carbocycles. The van der Waals surface area contributed by atoms with Crippen LogP contribution in [0.4, 0.5) is 0 Å². The molecule has 2 aliphatic heterocycles. The van der Waals surface area contributed by atoms with Gasteiger partial charge in [-0.3, -0.25) is 4.79 Å². The fourth-order valence-corrected chi connectivity index (χ4v) is 3.92. The molecule has 1 N–H and O–H groups in total. The molecule has 3 atom stereocenters. The van der Waals surface area contributed by atoms with E-state index in [1.165, 1.54) is 14.0 Å². The third-order valence-electron chi connectivity index (χ3n) is 5.04. The Labute approximate surface area is 153 Å². The van der Waals surface area contributed by atoms with Crippen LogP contribution in [0, 0.1) is 0 Å². The number of ether oxygens (including phenoxy) is 3. The van der Waals surface area contributed by atoms with Gasteiger partial charge < -0.3 is 28.5 Å². The first kappa shape index (κ1) is 17.4. The molecular weight excluding hydrogens is 356 g/mol. The summed E-state index contributed by atoms with van der Waals surface area (Å²) in [5.41, 5.74) is -0.112. The van der Waals surface area contributed by atoms with Crippen LogP contribution in [0.2, 0.25) is 0 Å². The van der Waals surface area contributed by atoms with Crippen LogP contribution in [0.3, 0.4) is 0 Å². The Bertz CT molecular complexity index is 1030. The lowest BCUT2D eigenvalue weighted by atomic mass is 9.92. The zero-order chi connectivity index (χ0) is 19.5. The predicted molar refractivity (Wildman–Crippen MR) is 92.3 cm³/mol. The Hall–Kier alpha value is -3.03. The number of Topliss-reactive ketones (excluding diaryl/α,β-unsaturated/α-hetero) is 1. The van der Waals surface area contributed by atoms with Crippen LogP contribution >= 0.6 is 0 Å². The van der Waals surface area contributed by atoms with E-state index in [0.717, 1.165) is 0 Å². The highest BCUT2D eigenvalue weighted by molar-refractivity contribution is 5.96. The number of hydrogen-bond acceptors (Lipinski definition) is 8. The largest absolute Gasteiger partial charge is 0.506 e. The van der Waals surface area contributed by atoms with Crippen molar-refractivity contribution in [1.82, 2.24) is 0 Å². The van der Waals surface area contributed by atoms with Gasteiger partial charge >= 0.3 is 11.6 Å². The molecule has 2 aliphatic rings. The van der Waals surface area contributed by atoms with Gasteiger partial charge in [0.2, 0.25) is 0 Å². The summed E-state index contributed by atoms with van der Waals surface area (Å²) >= 11 is 0. The highest BCUT2D eigenvalue weighted by Crippen LogP contribution is 2.52. The maximum atomic E-state index is 12.6. The van der Waals surface area contributed by atoms with E-state index in [-0.39, 0.29) is 46.7 Å². The first-order chi connectivity index (χ1) is 12.8. The number of benzene rings is 1. The van der Waals surface area contributed by atoms with Gasteiger partial charge in [0.05, 0.1) is 25.0 Å². The summed E-state index contributed by atoms with van der Waals surface area (Å²) in [6.07, 6.45) is -0.606. The number of carbonyl (C=O) groups is 2. The van der Waals surface area contributed by atoms with Gasteiger partial charge in [-0.15, -0.1) is 0 Å². The van der Waals surface area contributed by atoms with Gasteiger partial charge in [-0.2, -0.15) is 0 Å². The minimum Gasteiger partial charge on any atom is -0.506 e. The normalized spacial score (nSPS) is 21.4. The highest BCUT2D eigenvalue weighted by Gasteiger charge is 2.47. The number of rotatable bonds is 4. The lowest BCUT2D eigenvalue weighted by Gasteiger charge is -2.16. The standard InChI is InChI=1S/C19H18O8/c1-7(4-8(2)20)13-16(22)15-10(24-3)6-11-14(17(15)27-18(13)23)9-5-12(21)26-19(9)25-11/h6-7,9,19,22H,4-5H2,1-3H3. The van der Waals surface area contributed by atoms with Gasteiger partial charge in [-0.25, -0.2) is 4.79 Å². The van der Waals surface area contributed by atoms with Gasteiger partial charge in [-0.1, -0.05) is 6.92 Å². The van der Waals surface area contributed by atoms with E-state index in [1.54, 1.807) is 13.0 Å². The molecule has 0 bridgehead atoms. The zero-order valence-electron chi connectivity index (χ0n) is 15.0. The molecule has 0 spiro atoms. The van der Waals surface area contributed by atoms with Crippen molar-refractivity contribution in [2.45, 2.75) is 44.8 Å². The molecule has 1 saturated heterocycles. The van der Waals surface area contributed by atoms with E-state index < -0.39 is 29.7 Å². The van der Waals surface area contributed by atoms with Crippen LogP contribution in [0.25, 0.3) is 11.0 Å². The van der Waals surface area contributed by atoms with E-state index >= 15 is 0 Å². The minimum absolute atomic E-state index is 0.0187. The third-order valence-corrected chi connectivity index (χ3v) is 5.04. The van der Waals surface area contributed by atoms with Crippen molar-refractivity contribution in [2.24, 2.45) is 0 Å². The fourth-order valence-electron chi connectivity index (χ4n) is 3.92. The molecule has 2 aromatic rings. The second-order valence-corrected chi connectivity index (χ2v) is 6.94. The summed E-state index contributed by atoms with van der Waals surface area (Å²) in [7, 11) is 1.42. The molecule has 4 rings (SSSR count). The Morgan fingerprint density at radius 1 is 1.37 bits per heavy atom. The highest BCUT2D eigenvalue weighted by atomic mass is 16.7. The summed E-state index contributed by atoms with van der Waals surface area (Å²) < 4.78 is 21.7. The number of fused-ring (bicyclic) bond motifs is 5. The molecule has 0 radical (unpaired) electrons. The van der Waals surface area contributed by atoms with E-state index in [4.69, 9.17) is 18.6 Å². The maximum Gasteiger partial charge on any atom is 0.343 e. The number of ketones is 1.